The van der Waals surface area contributed by atoms with Crippen LogP contribution in [0.5, 0.6) is 11.5 Å². The van der Waals surface area contributed by atoms with Crippen LogP contribution >= 0.6 is 27.5 Å². The molecule has 0 fully saturated rings. The zero-order chi connectivity index (χ0) is 14.5. The van der Waals surface area contributed by atoms with E-state index in [0.717, 1.165) is 12.1 Å². The maximum Gasteiger partial charge on any atom is 0.144 e. The molecule has 5 heteroatoms. The van der Waals surface area contributed by atoms with E-state index in [9.17, 15) is 4.39 Å². The monoisotopic (exact) mass is 357 g/mol. The molecule has 0 bridgehead atoms. The molecule has 0 spiro atoms. The summed E-state index contributed by atoms with van der Waals surface area (Å²) in [5.41, 5.74) is 0.999. The van der Waals surface area contributed by atoms with Gasteiger partial charge in [-0.05, 0) is 52.3 Å². The molecule has 0 radical (unpaired) electrons. The standard InChI is InChI=1S/C15H14BrClFNO/c1-2-19-9-10-3-5-12(8-14(10)17)20-15-7-11(18)4-6-13(15)16/h3-8,19H,2,9H2,1H3. The fourth-order valence-electron chi connectivity index (χ4n) is 1.68. The van der Waals surface area contributed by atoms with Gasteiger partial charge in [0, 0.05) is 17.6 Å². The van der Waals surface area contributed by atoms with Crippen LogP contribution in [0.3, 0.4) is 0 Å². The van der Waals surface area contributed by atoms with Crippen molar-refractivity contribution in [1.82, 2.24) is 5.32 Å². The number of hydrogen-bond acceptors (Lipinski definition) is 2. The topological polar surface area (TPSA) is 21.3 Å². The minimum Gasteiger partial charge on any atom is -0.456 e. The second kappa shape index (κ2) is 7.07. The molecule has 0 aliphatic rings. The van der Waals surface area contributed by atoms with Crippen LogP contribution in [-0.4, -0.2) is 6.54 Å². The van der Waals surface area contributed by atoms with Gasteiger partial charge in [0.15, 0.2) is 0 Å². The third-order valence-electron chi connectivity index (χ3n) is 2.71. The van der Waals surface area contributed by atoms with E-state index in [-0.39, 0.29) is 5.82 Å². The van der Waals surface area contributed by atoms with Gasteiger partial charge in [-0.3, -0.25) is 0 Å². The van der Waals surface area contributed by atoms with Gasteiger partial charge < -0.3 is 10.1 Å². The van der Waals surface area contributed by atoms with E-state index in [1.807, 2.05) is 19.1 Å². The van der Waals surface area contributed by atoms with E-state index in [2.05, 4.69) is 21.2 Å². The third-order valence-corrected chi connectivity index (χ3v) is 3.72. The first kappa shape index (κ1) is 15.3. The van der Waals surface area contributed by atoms with Crippen molar-refractivity contribution in [2.24, 2.45) is 0 Å². The first-order chi connectivity index (χ1) is 9.60. The third kappa shape index (κ3) is 3.95. The first-order valence-corrected chi connectivity index (χ1v) is 7.39. The van der Waals surface area contributed by atoms with Crippen molar-refractivity contribution in [1.29, 1.82) is 0 Å². The maximum atomic E-state index is 13.2. The fraction of sp³-hybridized carbons (Fsp3) is 0.200. The van der Waals surface area contributed by atoms with E-state index in [1.165, 1.54) is 12.1 Å². The van der Waals surface area contributed by atoms with Crippen LogP contribution in [0.25, 0.3) is 0 Å². The van der Waals surface area contributed by atoms with Gasteiger partial charge >= 0.3 is 0 Å². The molecule has 0 aliphatic heterocycles. The smallest absolute Gasteiger partial charge is 0.144 e. The average molecular weight is 359 g/mol. The summed E-state index contributed by atoms with van der Waals surface area (Å²) in [6, 6.07) is 9.73. The second-order valence-corrected chi connectivity index (χ2v) is 5.47. The predicted octanol–water partition coefficient (Wildman–Crippen LogP) is 5.14. The zero-order valence-electron chi connectivity index (χ0n) is 10.9. The van der Waals surface area contributed by atoms with Crippen LogP contribution in [0, 0.1) is 5.82 Å². The van der Waals surface area contributed by atoms with E-state index in [1.54, 1.807) is 12.1 Å². The largest absolute Gasteiger partial charge is 0.456 e. The van der Waals surface area contributed by atoms with Gasteiger partial charge in [-0.15, -0.1) is 0 Å². The molecule has 0 unspecified atom stereocenters. The van der Waals surface area contributed by atoms with Crippen molar-refractivity contribution in [3.63, 3.8) is 0 Å². The van der Waals surface area contributed by atoms with Gasteiger partial charge in [0.2, 0.25) is 0 Å². The molecular formula is C15H14BrClFNO. The van der Waals surface area contributed by atoms with Crippen molar-refractivity contribution in [3.05, 3.63) is 57.3 Å². The second-order valence-electron chi connectivity index (χ2n) is 4.21. The summed E-state index contributed by atoms with van der Waals surface area (Å²) < 4.78 is 19.5. The van der Waals surface area contributed by atoms with Crippen molar-refractivity contribution in [2.45, 2.75) is 13.5 Å². The van der Waals surface area contributed by atoms with E-state index in [0.29, 0.717) is 27.5 Å². The SMILES string of the molecule is CCNCc1ccc(Oc2cc(F)ccc2Br)cc1Cl. The highest BCUT2D eigenvalue weighted by atomic mass is 79.9. The van der Waals surface area contributed by atoms with Gasteiger partial charge in [-0.2, -0.15) is 0 Å². The van der Waals surface area contributed by atoms with Crippen LogP contribution in [0.1, 0.15) is 12.5 Å². The summed E-state index contributed by atoms with van der Waals surface area (Å²) in [7, 11) is 0. The lowest BCUT2D eigenvalue weighted by Crippen LogP contribution is -2.11. The summed E-state index contributed by atoms with van der Waals surface area (Å²) >= 11 is 9.52. The molecule has 20 heavy (non-hydrogen) atoms. The molecule has 2 nitrogen and oxygen atoms in total. The number of benzene rings is 2. The summed E-state index contributed by atoms with van der Waals surface area (Å²) in [4.78, 5) is 0. The predicted molar refractivity (Wildman–Crippen MR) is 83.0 cm³/mol. The van der Waals surface area contributed by atoms with Crippen molar-refractivity contribution in [2.75, 3.05) is 6.54 Å². The highest BCUT2D eigenvalue weighted by Crippen LogP contribution is 2.32. The van der Waals surface area contributed by atoms with Crippen molar-refractivity contribution < 1.29 is 9.13 Å². The molecule has 0 atom stereocenters. The van der Waals surface area contributed by atoms with Crippen molar-refractivity contribution in [3.8, 4) is 11.5 Å². The minimum atomic E-state index is -0.349. The van der Waals surface area contributed by atoms with Gasteiger partial charge in [-0.1, -0.05) is 24.6 Å². The molecule has 2 aromatic carbocycles. The fourth-order valence-corrected chi connectivity index (χ4v) is 2.24. The van der Waals surface area contributed by atoms with E-state index in [4.69, 9.17) is 16.3 Å². The summed E-state index contributed by atoms with van der Waals surface area (Å²) in [6.45, 7) is 3.62. The highest BCUT2D eigenvalue weighted by molar-refractivity contribution is 9.10. The summed E-state index contributed by atoms with van der Waals surface area (Å²) in [5, 5.41) is 3.83. The molecular weight excluding hydrogens is 345 g/mol. The molecule has 2 rings (SSSR count). The minimum absolute atomic E-state index is 0.349. The molecule has 0 saturated carbocycles. The Morgan fingerprint density at radius 1 is 1.25 bits per heavy atom. The Morgan fingerprint density at radius 2 is 2.05 bits per heavy atom. The zero-order valence-corrected chi connectivity index (χ0v) is 13.3. The number of rotatable bonds is 5. The number of nitrogens with one attached hydrogen (secondary N) is 1. The lowest BCUT2D eigenvalue weighted by Gasteiger charge is -2.10. The summed E-state index contributed by atoms with van der Waals surface area (Å²) in [5.74, 6) is 0.639. The average Bonchev–Trinajstić information content (AvgIpc) is 2.42. The molecule has 2 aromatic rings. The summed E-state index contributed by atoms with van der Waals surface area (Å²) in [6.07, 6.45) is 0. The first-order valence-electron chi connectivity index (χ1n) is 6.22. The maximum absolute atomic E-state index is 13.2. The Bertz CT molecular complexity index is 606. The van der Waals surface area contributed by atoms with E-state index >= 15 is 0 Å². The van der Waals surface area contributed by atoms with Crippen molar-refractivity contribution >= 4 is 27.5 Å². The van der Waals surface area contributed by atoms with Gasteiger partial charge in [0.25, 0.3) is 0 Å². The molecule has 0 saturated heterocycles. The van der Waals surface area contributed by atoms with Crippen LogP contribution < -0.4 is 10.1 Å². The Kier molecular flexibility index (Phi) is 5.40. The Labute approximate surface area is 131 Å². The van der Waals surface area contributed by atoms with Crippen LogP contribution in [0.15, 0.2) is 40.9 Å². The molecule has 1 N–H and O–H groups in total. The Morgan fingerprint density at radius 3 is 2.75 bits per heavy atom. The van der Waals surface area contributed by atoms with Gasteiger partial charge in [-0.25, -0.2) is 4.39 Å². The van der Waals surface area contributed by atoms with Gasteiger partial charge in [0.1, 0.15) is 17.3 Å². The molecule has 106 valence electrons. The number of hydrogen-bond donors (Lipinski definition) is 1. The lowest BCUT2D eigenvalue weighted by atomic mass is 10.2. The Balaban J connectivity index is 2.17. The normalized spacial score (nSPS) is 10.6. The molecule has 0 heterocycles. The number of halogens is 3. The lowest BCUT2D eigenvalue weighted by molar-refractivity contribution is 0.473. The van der Waals surface area contributed by atoms with E-state index < -0.39 is 0 Å². The van der Waals surface area contributed by atoms with Crippen LogP contribution in [0.2, 0.25) is 5.02 Å². The quantitative estimate of drug-likeness (QED) is 0.798. The molecule has 0 aliphatic carbocycles. The molecule has 0 amide bonds. The number of ether oxygens (including phenoxy) is 1. The highest BCUT2D eigenvalue weighted by Gasteiger charge is 2.07. The van der Waals surface area contributed by atoms with Crippen LogP contribution in [-0.2, 0) is 6.54 Å². The molecule has 0 aromatic heterocycles. The Hall–Kier alpha value is -1.10. The van der Waals surface area contributed by atoms with Gasteiger partial charge in [0.05, 0.1) is 4.47 Å². The van der Waals surface area contributed by atoms with Crippen LogP contribution in [0.4, 0.5) is 4.39 Å².